The average molecular weight is 1290 g/mol. The molecule has 484 valence electrons. The maximum absolute atomic E-state index is 13.8. The summed E-state index contributed by atoms with van der Waals surface area (Å²) >= 11 is 2.14. The van der Waals surface area contributed by atoms with Crippen molar-refractivity contribution < 1.29 is 95.3 Å². The highest BCUT2D eigenvalue weighted by Gasteiger charge is 2.38. The van der Waals surface area contributed by atoms with Crippen molar-refractivity contribution in [2.45, 2.75) is 134 Å². The second-order valence-electron chi connectivity index (χ2n) is 23.5. The van der Waals surface area contributed by atoms with Gasteiger partial charge in [0.2, 0.25) is 0 Å². The third-order valence-electron chi connectivity index (χ3n) is 14.8. The number of aryl methyl sites for hydroxylation is 1. The highest BCUT2D eigenvalue weighted by molar-refractivity contribution is 8.24. The van der Waals surface area contributed by atoms with E-state index in [4.69, 9.17) is 53.9 Å². The summed E-state index contributed by atoms with van der Waals surface area (Å²) in [6, 6.07) is 17.0. The standard InChI is InChI=1S/C67H74N2O20S2/c1-9-52(70)82-37-66(4,5)39-84-56(74)29-27-54(72)80-33-31-42-11-23-48(24-12-42)86-61(76)44-15-19-46(20-16-44)63(78)88-51-35-41(3)58(60-59(51)90-65(91-60)50(36-68)69-8)89-64(79)47-21-17-45(18-22-47)62(77)87-49-25-13-43(14-26-49)32-34-81-55(73)28-30-57(75)85-40-67(6,7)38-83-53(71)10-2/h9-14,23-26,35,44-47H,1-2,15-22,27-34,37-40H2,3-7H3/b65-50-. The Labute approximate surface area is 536 Å². The minimum Gasteiger partial charge on any atom is -0.465 e. The molecule has 0 spiro atoms. The molecule has 0 atom stereocenters. The monoisotopic (exact) mass is 1290 g/mol. The number of carbonyl (C=O) groups is 10. The van der Waals surface area contributed by atoms with Gasteiger partial charge in [-0.05, 0) is 105 Å². The number of nitriles is 1. The lowest BCUT2D eigenvalue weighted by Crippen LogP contribution is -2.31. The molecule has 0 bridgehead atoms. The van der Waals surface area contributed by atoms with Crippen molar-refractivity contribution in [3.05, 3.63) is 118 Å². The maximum atomic E-state index is 13.8. The van der Waals surface area contributed by atoms with Gasteiger partial charge < -0.3 is 47.4 Å². The van der Waals surface area contributed by atoms with Crippen LogP contribution in [-0.4, -0.2) is 99.3 Å². The van der Waals surface area contributed by atoms with Gasteiger partial charge in [-0.1, -0.05) is 88.6 Å². The van der Waals surface area contributed by atoms with Crippen molar-refractivity contribution in [3.8, 4) is 29.1 Å². The molecule has 3 aliphatic rings. The fourth-order valence-electron chi connectivity index (χ4n) is 9.43. The SMILES string of the molecule is [C-]#[N+]/C(C#N)=C1/Sc2c(OC(=O)C3CCC(C(=O)Oc4ccc(CCOC(=O)CCC(=O)OCC(C)(C)COC(=O)C=C)cc4)CC3)cc(C)c(OC(=O)C3CCC(C(=O)Oc4ccc(CCOC(=O)CCC(=O)OCC(C)(C)COC(=O)C=C)cc4)CC3)c2S1. The molecule has 3 aromatic carbocycles. The molecule has 6 rings (SSSR count). The summed E-state index contributed by atoms with van der Waals surface area (Å²) in [6.45, 7) is 23.1. The molecule has 2 saturated carbocycles. The Hall–Kier alpha value is -8.74. The number of thioether (sulfide) groups is 2. The number of allylic oxidation sites excluding steroid dienone is 1. The second-order valence-corrected chi connectivity index (χ2v) is 25.8. The van der Waals surface area contributed by atoms with Crippen LogP contribution in [-0.2, 0) is 89.2 Å². The fourth-order valence-corrected chi connectivity index (χ4v) is 12.0. The minimum atomic E-state index is -0.633. The van der Waals surface area contributed by atoms with E-state index in [-0.39, 0.29) is 82.5 Å². The summed E-state index contributed by atoms with van der Waals surface area (Å²) in [7, 11) is 0. The number of fused-ring (bicyclic) bond motifs is 1. The molecule has 0 amide bonds. The molecule has 0 unspecified atom stereocenters. The molecule has 3 aromatic rings. The number of nitrogens with zero attached hydrogens (tertiary/aromatic N) is 2. The molecular weight excluding hydrogens is 1220 g/mol. The lowest BCUT2D eigenvalue weighted by molar-refractivity contribution is -0.154. The van der Waals surface area contributed by atoms with Crippen LogP contribution < -0.4 is 18.9 Å². The van der Waals surface area contributed by atoms with Crippen molar-refractivity contribution in [1.29, 1.82) is 5.26 Å². The number of benzene rings is 3. The average Bonchev–Trinajstić information content (AvgIpc) is 1.72. The van der Waals surface area contributed by atoms with Crippen LogP contribution in [0.4, 0.5) is 0 Å². The highest BCUT2D eigenvalue weighted by Crippen LogP contribution is 2.60. The van der Waals surface area contributed by atoms with Crippen molar-refractivity contribution in [1.82, 2.24) is 0 Å². The van der Waals surface area contributed by atoms with E-state index in [1.807, 2.05) is 6.07 Å². The predicted octanol–water partition coefficient (Wildman–Crippen LogP) is 10.8. The van der Waals surface area contributed by atoms with Crippen molar-refractivity contribution in [2.24, 2.45) is 34.5 Å². The Morgan fingerprint density at radius 2 is 0.890 bits per heavy atom. The van der Waals surface area contributed by atoms with Crippen LogP contribution in [0.3, 0.4) is 0 Å². The van der Waals surface area contributed by atoms with E-state index in [9.17, 15) is 53.2 Å². The van der Waals surface area contributed by atoms with E-state index in [1.54, 1.807) is 89.2 Å². The molecule has 0 N–H and O–H groups in total. The van der Waals surface area contributed by atoms with Gasteiger partial charge in [-0.2, -0.15) is 0 Å². The van der Waals surface area contributed by atoms with Gasteiger partial charge >= 0.3 is 59.7 Å². The van der Waals surface area contributed by atoms with Gasteiger partial charge in [0.25, 0.3) is 5.70 Å². The molecule has 1 aliphatic heterocycles. The zero-order chi connectivity index (χ0) is 66.3. The summed E-state index contributed by atoms with van der Waals surface area (Å²) in [4.78, 5) is 130. The number of ether oxygens (including phenoxy) is 10. The van der Waals surface area contributed by atoms with Crippen molar-refractivity contribution >= 4 is 83.2 Å². The Morgan fingerprint density at radius 1 is 0.538 bits per heavy atom. The third-order valence-corrected chi connectivity index (χ3v) is 17.4. The largest absolute Gasteiger partial charge is 0.465 e. The minimum absolute atomic E-state index is 0.0137. The van der Waals surface area contributed by atoms with Crippen LogP contribution in [0.25, 0.3) is 4.85 Å². The molecule has 2 fully saturated rings. The predicted molar refractivity (Wildman–Crippen MR) is 328 cm³/mol. The summed E-state index contributed by atoms with van der Waals surface area (Å²) < 4.78 is 54.9. The first kappa shape index (κ1) is 71.3. The second kappa shape index (κ2) is 34.5. The summed E-state index contributed by atoms with van der Waals surface area (Å²) in [5.74, 6) is -6.47. The Kier molecular flexibility index (Phi) is 27.0. The van der Waals surface area contributed by atoms with Crippen LogP contribution in [0.15, 0.2) is 99.6 Å². The van der Waals surface area contributed by atoms with Crippen LogP contribution in [0.5, 0.6) is 23.0 Å². The summed E-state index contributed by atoms with van der Waals surface area (Å²) in [5, 5.41) is 9.78. The van der Waals surface area contributed by atoms with Gasteiger partial charge in [0.1, 0.15) is 23.0 Å². The van der Waals surface area contributed by atoms with E-state index in [0.717, 1.165) is 46.8 Å². The molecule has 0 radical (unpaired) electrons. The number of hydrogen-bond acceptors (Lipinski definition) is 23. The molecule has 1 heterocycles. The van der Waals surface area contributed by atoms with E-state index >= 15 is 0 Å². The molecule has 0 saturated heterocycles. The molecule has 2 aliphatic carbocycles. The molecule has 22 nitrogen and oxygen atoms in total. The topological polar surface area (TPSA) is 291 Å². The first-order valence-electron chi connectivity index (χ1n) is 29.7. The molecular formula is C67H74N2O20S2. The third kappa shape index (κ3) is 22.9. The normalized spacial score (nSPS) is 17.4. The Balaban J connectivity index is 0.906. The van der Waals surface area contributed by atoms with Gasteiger partial charge in [0.05, 0.1) is 116 Å². The zero-order valence-electron chi connectivity index (χ0n) is 51.6. The quantitative estimate of drug-likeness (QED) is 0.0150. The highest BCUT2D eigenvalue weighted by atomic mass is 32.2. The lowest BCUT2D eigenvalue weighted by atomic mass is 9.82. The van der Waals surface area contributed by atoms with Crippen LogP contribution >= 0.6 is 23.5 Å². The zero-order valence-corrected chi connectivity index (χ0v) is 53.2. The van der Waals surface area contributed by atoms with Crippen LogP contribution in [0, 0.1) is 59.3 Å². The first-order valence-corrected chi connectivity index (χ1v) is 31.3. The molecule has 0 aromatic heterocycles. The van der Waals surface area contributed by atoms with Gasteiger partial charge in [-0.25, -0.2) is 19.7 Å². The smallest absolute Gasteiger partial charge is 0.330 e. The maximum Gasteiger partial charge on any atom is 0.330 e. The van der Waals surface area contributed by atoms with E-state index in [1.165, 1.54) is 0 Å². The van der Waals surface area contributed by atoms with Crippen molar-refractivity contribution in [2.75, 3.05) is 39.6 Å². The van der Waals surface area contributed by atoms with Crippen LogP contribution in [0.2, 0.25) is 0 Å². The van der Waals surface area contributed by atoms with E-state index in [2.05, 4.69) is 18.0 Å². The lowest BCUT2D eigenvalue weighted by Gasteiger charge is -2.27. The van der Waals surface area contributed by atoms with Gasteiger partial charge in [-0.15, -0.1) is 0 Å². The molecule has 24 heteroatoms. The number of hydrogen-bond donors (Lipinski definition) is 0. The fraction of sp³-hybridized carbons (Fsp3) is 0.463. The number of rotatable bonds is 30. The van der Waals surface area contributed by atoms with Gasteiger partial charge in [-0.3, -0.25) is 38.4 Å². The number of carbonyl (C=O) groups excluding carboxylic acids is 10. The first-order chi connectivity index (χ1) is 43.4. The Morgan fingerprint density at radius 3 is 1.26 bits per heavy atom. The van der Waals surface area contributed by atoms with Crippen LogP contribution in [0.1, 0.15) is 121 Å². The molecule has 91 heavy (non-hydrogen) atoms. The van der Waals surface area contributed by atoms with Gasteiger partial charge in [0.15, 0.2) is 0 Å². The Bertz CT molecular complexity index is 3310. The number of esters is 10. The summed E-state index contributed by atoms with van der Waals surface area (Å²) in [6.07, 6.45) is 4.92. The van der Waals surface area contributed by atoms with Crippen molar-refractivity contribution in [3.63, 3.8) is 0 Å². The summed E-state index contributed by atoms with van der Waals surface area (Å²) in [5.41, 5.74) is 0.637. The van der Waals surface area contributed by atoms with E-state index < -0.39 is 94.2 Å². The van der Waals surface area contributed by atoms with E-state index in [0.29, 0.717) is 95.3 Å². The van der Waals surface area contributed by atoms with Gasteiger partial charge in [0, 0.05) is 35.8 Å².